The number of rotatable bonds is 7. The van der Waals surface area contributed by atoms with Crippen LogP contribution in [0.25, 0.3) is 0 Å². The number of unbranched alkanes of at least 4 members (excludes halogenated alkanes) is 1. The van der Waals surface area contributed by atoms with Crippen LogP contribution in [0.5, 0.6) is 0 Å². The molecule has 0 radical (unpaired) electrons. The molecule has 0 fully saturated rings. The number of nitrogens with zero attached hydrogens (tertiary/aromatic N) is 1. The summed E-state index contributed by atoms with van der Waals surface area (Å²) in [6.45, 7) is 6.75. The van der Waals surface area contributed by atoms with E-state index in [1.165, 1.54) is 29.8 Å². The first-order chi connectivity index (χ1) is 7.61. The number of hydrogen-bond acceptors (Lipinski definition) is 3. The Morgan fingerprint density at radius 2 is 2.12 bits per heavy atom. The molecule has 0 aromatic carbocycles. The molecule has 3 heteroatoms. The van der Waals surface area contributed by atoms with E-state index < -0.39 is 0 Å². The van der Waals surface area contributed by atoms with Gasteiger partial charge in [0.15, 0.2) is 0 Å². The van der Waals surface area contributed by atoms with Gasteiger partial charge >= 0.3 is 0 Å². The molecule has 0 saturated heterocycles. The lowest BCUT2D eigenvalue weighted by Crippen LogP contribution is -2.21. The average molecular weight is 240 g/mol. The van der Waals surface area contributed by atoms with Crippen LogP contribution in [0.3, 0.4) is 0 Å². The maximum atomic E-state index is 3.59. The van der Waals surface area contributed by atoms with Gasteiger partial charge in [0.1, 0.15) is 0 Å². The minimum absolute atomic E-state index is 0.499. The monoisotopic (exact) mass is 240 g/mol. The molecule has 1 aromatic rings. The first kappa shape index (κ1) is 13.7. The van der Waals surface area contributed by atoms with E-state index in [-0.39, 0.29) is 0 Å². The predicted octanol–water partition coefficient (Wildman–Crippen LogP) is 3.05. The maximum Gasteiger partial charge on any atom is 0.0388 e. The molecule has 0 bridgehead atoms. The van der Waals surface area contributed by atoms with Gasteiger partial charge in [0.05, 0.1) is 0 Å². The molecule has 0 aliphatic rings. The fourth-order valence-corrected chi connectivity index (χ4v) is 2.75. The number of hydrogen-bond donors (Lipinski definition) is 1. The zero-order chi connectivity index (χ0) is 12.0. The molecule has 0 spiro atoms. The van der Waals surface area contributed by atoms with Crippen LogP contribution >= 0.6 is 11.3 Å². The first-order valence-electron chi connectivity index (χ1n) is 6.03. The molecule has 1 heterocycles. The topological polar surface area (TPSA) is 15.3 Å². The summed E-state index contributed by atoms with van der Waals surface area (Å²) < 4.78 is 0. The molecule has 0 aliphatic heterocycles. The van der Waals surface area contributed by atoms with Crippen LogP contribution in [0.15, 0.2) is 11.4 Å². The van der Waals surface area contributed by atoms with Gasteiger partial charge < -0.3 is 10.2 Å². The van der Waals surface area contributed by atoms with Gasteiger partial charge in [0.25, 0.3) is 0 Å². The van der Waals surface area contributed by atoms with Crippen molar-refractivity contribution in [3.63, 3.8) is 0 Å². The summed E-state index contributed by atoms with van der Waals surface area (Å²) in [6.07, 6.45) is 2.53. The smallest absolute Gasteiger partial charge is 0.0388 e. The van der Waals surface area contributed by atoms with Crippen molar-refractivity contribution in [3.8, 4) is 0 Å². The van der Waals surface area contributed by atoms with Crippen molar-refractivity contribution in [2.24, 2.45) is 0 Å². The van der Waals surface area contributed by atoms with Gasteiger partial charge in [-0.05, 0) is 70.9 Å². The number of aryl methyl sites for hydroxylation is 1. The summed E-state index contributed by atoms with van der Waals surface area (Å²) in [7, 11) is 4.26. The van der Waals surface area contributed by atoms with Crippen LogP contribution in [0.4, 0.5) is 0 Å². The largest absolute Gasteiger partial charge is 0.309 e. The van der Waals surface area contributed by atoms with Gasteiger partial charge in [-0.25, -0.2) is 0 Å². The Morgan fingerprint density at radius 1 is 1.38 bits per heavy atom. The predicted molar refractivity (Wildman–Crippen MR) is 73.3 cm³/mol. The quantitative estimate of drug-likeness (QED) is 0.737. The Balaban J connectivity index is 2.16. The SMILES string of the molecule is Cc1ccsc1C(C)NCCCCN(C)C. The normalized spacial score (nSPS) is 13.3. The van der Waals surface area contributed by atoms with E-state index in [0.717, 1.165) is 6.54 Å². The summed E-state index contributed by atoms with van der Waals surface area (Å²) in [4.78, 5) is 3.72. The standard InChI is InChI=1S/C13H24N2S/c1-11-7-10-16-13(11)12(2)14-8-5-6-9-15(3)4/h7,10,12,14H,5-6,8-9H2,1-4H3. The van der Waals surface area contributed by atoms with E-state index in [9.17, 15) is 0 Å². The van der Waals surface area contributed by atoms with Gasteiger partial charge in [-0.2, -0.15) is 0 Å². The van der Waals surface area contributed by atoms with E-state index in [2.05, 4.69) is 49.6 Å². The highest BCUT2D eigenvalue weighted by atomic mass is 32.1. The highest BCUT2D eigenvalue weighted by Gasteiger charge is 2.08. The molecule has 0 aliphatic carbocycles. The lowest BCUT2D eigenvalue weighted by atomic mass is 10.2. The van der Waals surface area contributed by atoms with Gasteiger partial charge in [0.2, 0.25) is 0 Å². The van der Waals surface area contributed by atoms with Crippen LogP contribution in [-0.4, -0.2) is 32.1 Å². The molecule has 1 atom stereocenters. The van der Waals surface area contributed by atoms with Crippen molar-refractivity contribution >= 4 is 11.3 Å². The maximum absolute atomic E-state index is 3.59. The molecule has 16 heavy (non-hydrogen) atoms. The molecular formula is C13H24N2S. The average Bonchev–Trinajstić information content (AvgIpc) is 2.63. The molecule has 1 N–H and O–H groups in total. The van der Waals surface area contributed by atoms with Gasteiger partial charge in [0, 0.05) is 10.9 Å². The molecule has 1 aromatic heterocycles. The molecule has 0 saturated carbocycles. The minimum Gasteiger partial charge on any atom is -0.309 e. The highest BCUT2D eigenvalue weighted by Crippen LogP contribution is 2.23. The van der Waals surface area contributed by atoms with Gasteiger partial charge in [-0.3, -0.25) is 0 Å². The van der Waals surface area contributed by atoms with Crippen LogP contribution in [0, 0.1) is 6.92 Å². The van der Waals surface area contributed by atoms with Gasteiger partial charge in [-0.1, -0.05) is 0 Å². The molecule has 1 rings (SSSR count). The Kier molecular flexibility index (Phi) is 6.03. The summed E-state index contributed by atoms with van der Waals surface area (Å²) in [5.41, 5.74) is 1.42. The minimum atomic E-state index is 0.499. The van der Waals surface area contributed by atoms with E-state index in [4.69, 9.17) is 0 Å². The Labute approximate surface area is 104 Å². The van der Waals surface area contributed by atoms with Crippen molar-refractivity contribution in [1.82, 2.24) is 10.2 Å². The van der Waals surface area contributed by atoms with Crippen LogP contribution in [0.2, 0.25) is 0 Å². The summed E-state index contributed by atoms with van der Waals surface area (Å²) in [5.74, 6) is 0. The Morgan fingerprint density at radius 3 is 2.69 bits per heavy atom. The molecule has 92 valence electrons. The zero-order valence-electron chi connectivity index (χ0n) is 10.9. The van der Waals surface area contributed by atoms with E-state index in [1.54, 1.807) is 0 Å². The molecular weight excluding hydrogens is 216 g/mol. The fraction of sp³-hybridized carbons (Fsp3) is 0.692. The van der Waals surface area contributed by atoms with Gasteiger partial charge in [-0.15, -0.1) is 11.3 Å². The third-order valence-corrected chi connectivity index (χ3v) is 3.98. The molecule has 2 nitrogen and oxygen atoms in total. The number of nitrogens with one attached hydrogen (secondary N) is 1. The van der Waals surface area contributed by atoms with Crippen molar-refractivity contribution in [3.05, 3.63) is 21.9 Å². The third-order valence-electron chi connectivity index (χ3n) is 2.78. The Hall–Kier alpha value is -0.380. The lowest BCUT2D eigenvalue weighted by molar-refractivity contribution is 0.389. The second-order valence-electron chi connectivity index (χ2n) is 4.65. The van der Waals surface area contributed by atoms with E-state index >= 15 is 0 Å². The zero-order valence-corrected chi connectivity index (χ0v) is 11.7. The Bertz CT molecular complexity index is 294. The van der Waals surface area contributed by atoms with E-state index in [1.807, 2.05) is 11.3 Å². The van der Waals surface area contributed by atoms with Crippen LogP contribution in [0.1, 0.15) is 36.2 Å². The van der Waals surface area contributed by atoms with Crippen molar-refractivity contribution < 1.29 is 0 Å². The van der Waals surface area contributed by atoms with Crippen LogP contribution in [-0.2, 0) is 0 Å². The summed E-state index contributed by atoms with van der Waals surface area (Å²) in [6, 6.07) is 2.70. The third kappa shape index (κ3) is 4.64. The second kappa shape index (κ2) is 7.05. The second-order valence-corrected chi connectivity index (χ2v) is 5.60. The fourth-order valence-electron chi connectivity index (χ4n) is 1.79. The van der Waals surface area contributed by atoms with Crippen molar-refractivity contribution in [2.45, 2.75) is 32.7 Å². The highest BCUT2D eigenvalue weighted by molar-refractivity contribution is 7.10. The molecule has 0 amide bonds. The molecule has 1 unspecified atom stereocenters. The summed E-state index contributed by atoms with van der Waals surface area (Å²) in [5, 5.41) is 5.77. The summed E-state index contributed by atoms with van der Waals surface area (Å²) >= 11 is 1.86. The van der Waals surface area contributed by atoms with Crippen LogP contribution < -0.4 is 5.32 Å². The van der Waals surface area contributed by atoms with Crippen molar-refractivity contribution in [1.29, 1.82) is 0 Å². The first-order valence-corrected chi connectivity index (χ1v) is 6.91. The number of thiophene rings is 1. The van der Waals surface area contributed by atoms with Crippen molar-refractivity contribution in [2.75, 3.05) is 27.2 Å². The lowest BCUT2D eigenvalue weighted by Gasteiger charge is -2.14. The van der Waals surface area contributed by atoms with E-state index in [0.29, 0.717) is 6.04 Å².